The fraction of sp³-hybridized carbons (Fsp3) is 0.0667. The standard InChI is InChI=1S/C30H21ClFNO3/c1-33-30(35)28-24-16-20(11-14-27(24)36-29(28)18-9-12-23(32)13-10-18)19-6-4-7-22(15-19)26(34)17-21-5-2-3-8-25(21)31/h2-16H,17H2,1H3,(H,33,35). The van der Waals surface area contributed by atoms with E-state index in [1.165, 1.54) is 12.1 Å². The predicted octanol–water partition coefficient (Wildman–Crippen LogP) is 7.34. The van der Waals surface area contributed by atoms with E-state index < -0.39 is 0 Å². The monoisotopic (exact) mass is 497 g/mol. The third-order valence-corrected chi connectivity index (χ3v) is 6.44. The lowest BCUT2D eigenvalue weighted by Crippen LogP contribution is -2.18. The van der Waals surface area contributed by atoms with Gasteiger partial charge in [0.2, 0.25) is 0 Å². The van der Waals surface area contributed by atoms with Crippen LogP contribution in [0.25, 0.3) is 33.4 Å². The molecule has 4 aromatic carbocycles. The Morgan fingerprint density at radius 2 is 1.58 bits per heavy atom. The molecular formula is C30H21ClFNO3. The lowest BCUT2D eigenvalue weighted by molar-refractivity contribution is 0.0962. The van der Waals surface area contributed by atoms with Crippen molar-refractivity contribution in [2.45, 2.75) is 6.42 Å². The van der Waals surface area contributed by atoms with Crippen LogP contribution in [-0.4, -0.2) is 18.7 Å². The van der Waals surface area contributed by atoms with Crippen LogP contribution >= 0.6 is 11.6 Å². The van der Waals surface area contributed by atoms with Gasteiger partial charge < -0.3 is 9.73 Å². The van der Waals surface area contributed by atoms with Crippen molar-refractivity contribution in [3.8, 4) is 22.5 Å². The van der Waals surface area contributed by atoms with Crippen LogP contribution in [0.3, 0.4) is 0 Å². The molecule has 178 valence electrons. The fourth-order valence-electron chi connectivity index (χ4n) is 4.22. The number of carbonyl (C=O) groups is 2. The minimum absolute atomic E-state index is 0.0426. The van der Waals surface area contributed by atoms with E-state index in [2.05, 4.69) is 5.32 Å². The number of ketones is 1. The summed E-state index contributed by atoms with van der Waals surface area (Å²) in [5.41, 5.74) is 4.49. The number of hydrogen-bond donors (Lipinski definition) is 1. The number of nitrogens with one attached hydrogen (secondary N) is 1. The highest BCUT2D eigenvalue weighted by Crippen LogP contribution is 2.36. The molecule has 0 saturated carbocycles. The molecule has 4 nitrogen and oxygen atoms in total. The first-order valence-electron chi connectivity index (χ1n) is 11.4. The quantitative estimate of drug-likeness (QED) is 0.249. The van der Waals surface area contributed by atoms with Crippen LogP contribution < -0.4 is 5.32 Å². The minimum Gasteiger partial charge on any atom is -0.455 e. The largest absolute Gasteiger partial charge is 0.455 e. The van der Waals surface area contributed by atoms with Crippen molar-refractivity contribution in [2.24, 2.45) is 0 Å². The molecule has 5 rings (SSSR count). The summed E-state index contributed by atoms with van der Waals surface area (Å²) < 4.78 is 19.5. The topological polar surface area (TPSA) is 59.3 Å². The Kier molecular flexibility index (Phi) is 6.40. The van der Waals surface area contributed by atoms with Crippen molar-refractivity contribution in [3.05, 3.63) is 119 Å². The Morgan fingerprint density at radius 1 is 0.861 bits per heavy atom. The number of benzene rings is 4. The summed E-state index contributed by atoms with van der Waals surface area (Å²) in [5, 5.41) is 3.85. The normalized spacial score (nSPS) is 11.0. The van der Waals surface area contributed by atoms with Crippen LogP contribution in [0.2, 0.25) is 5.02 Å². The van der Waals surface area contributed by atoms with E-state index in [1.54, 1.807) is 37.4 Å². The summed E-state index contributed by atoms with van der Waals surface area (Å²) in [6, 6.07) is 26.0. The van der Waals surface area contributed by atoms with Crippen molar-refractivity contribution in [1.29, 1.82) is 0 Å². The van der Waals surface area contributed by atoms with E-state index in [0.717, 1.165) is 16.7 Å². The van der Waals surface area contributed by atoms with Gasteiger partial charge in [0.15, 0.2) is 5.78 Å². The van der Waals surface area contributed by atoms with Gasteiger partial charge in [-0.05, 0) is 65.2 Å². The summed E-state index contributed by atoms with van der Waals surface area (Å²) in [4.78, 5) is 25.8. The number of Topliss-reactive ketones (excluding diaryl/α,β-unsaturated/α-hetero) is 1. The van der Waals surface area contributed by atoms with Crippen LogP contribution in [-0.2, 0) is 6.42 Å². The number of furan rings is 1. The van der Waals surface area contributed by atoms with Gasteiger partial charge in [-0.25, -0.2) is 4.39 Å². The van der Waals surface area contributed by atoms with Crippen LogP contribution in [0, 0.1) is 5.82 Å². The molecule has 0 unspecified atom stereocenters. The summed E-state index contributed by atoms with van der Waals surface area (Å²) in [7, 11) is 1.55. The molecule has 0 aliphatic carbocycles. The molecule has 0 spiro atoms. The van der Waals surface area contributed by atoms with Crippen molar-refractivity contribution < 1.29 is 18.4 Å². The molecule has 1 N–H and O–H groups in total. The molecule has 0 saturated heterocycles. The highest BCUT2D eigenvalue weighted by molar-refractivity contribution is 6.31. The van der Waals surface area contributed by atoms with Crippen LogP contribution in [0.1, 0.15) is 26.3 Å². The Bertz CT molecular complexity index is 1600. The van der Waals surface area contributed by atoms with E-state index in [0.29, 0.717) is 38.4 Å². The first-order valence-corrected chi connectivity index (χ1v) is 11.7. The van der Waals surface area contributed by atoms with E-state index in [9.17, 15) is 14.0 Å². The van der Waals surface area contributed by atoms with E-state index in [4.69, 9.17) is 16.0 Å². The van der Waals surface area contributed by atoms with Crippen LogP contribution in [0.5, 0.6) is 0 Å². The second kappa shape index (κ2) is 9.80. The van der Waals surface area contributed by atoms with Gasteiger partial charge in [-0.15, -0.1) is 0 Å². The molecule has 0 atom stereocenters. The Hall–Kier alpha value is -4.22. The van der Waals surface area contributed by atoms with E-state index >= 15 is 0 Å². The van der Waals surface area contributed by atoms with Crippen LogP contribution in [0.15, 0.2) is 95.4 Å². The van der Waals surface area contributed by atoms with Gasteiger partial charge in [-0.3, -0.25) is 9.59 Å². The third-order valence-electron chi connectivity index (χ3n) is 6.08. The van der Waals surface area contributed by atoms with Crippen molar-refractivity contribution in [3.63, 3.8) is 0 Å². The number of carbonyl (C=O) groups excluding carboxylic acids is 2. The smallest absolute Gasteiger partial charge is 0.255 e. The first kappa shape index (κ1) is 23.5. The zero-order valence-electron chi connectivity index (χ0n) is 19.3. The van der Waals surface area contributed by atoms with Gasteiger partial charge in [0.25, 0.3) is 5.91 Å². The molecule has 0 aliphatic heterocycles. The zero-order chi connectivity index (χ0) is 25.2. The lowest BCUT2D eigenvalue weighted by Gasteiger charge is -2.07. The number of amides is 1. The zero-order valence-corrected chi connectivity index (χ0v) is 20.1. The van der Waals surface area contributed by atoms with Crippen molar-refractivity contribution >= 4 is 34.3 Å². The Balaban J connectivity index is 1.55. The molecule has 5 aromatic rings. The molecule has 0 radical (unpaired) electrons. The molecule has 1 heterocycles. The maximum absolute atomic E-state index is 13.5. The maximum Gasteiger partial charge on any atom is 0.255 e. The molecule has 1 amide bonds. The molecule has 1 aromatic heterocycles. The second-order valence-electron chi connectivity index (χ2n) is 8.38. The first-order chi connectivity index (χ1) is 17.4. The maximum atomic E-state index is 13.5. The van der Waals surface area contributed by atoms with Gasteiger partial charge >= 0.3 is 0 Å². The summed E-state index contributed by atoms with van der Waals surface area (Å²) >= 11 is 6.23. The van der Waals surface area contributed by atoms with Gasteiger partial charge in [-0.2, -0.15) is 0 Å². The highest BCUT2D eigenvalue weighted by Gasteiger charge is 2.22. The molecule has 36 heavy (non-hydrogen) atoms. The molecule has 0 bridgehead atoms. The third kappa shape index (κ3) is 4.53. The second-order valence-corrected chi connectivity index (χ2v) is 8.78. The number of halogens is 2. The summed E-state index contributed by atoms with van der Waals surface area (Å²) in [5.74, 6) is -0.361. The summed E-state index contributed by atoms with van der Waals surface area (Å²) in [6.07, 6.45) is 0.200. The van der Waals surface area contributed by atoms with Crippen molar-refractivity contribution in [1.82, 2.24) is 5.32 Å². The average molecular weight is 498 g/mol. The van der Waals surface area contributed by atoms with E-state index in [-0.39, 0.29) is 23.9 Å². The lowest BCUT2D eigenvalue weighted by atomic mass is 9.96. The molecular weight excluding hydrogens is 477 g/mol. The van der Waals surface area contributed by atoms with Gasteiger partial charge in [0.05, 0.1) is 5.56 Å². The molecule has 6 heteroatoms. The Labute approximate surface area is 212 Å². The van der Waals surface area contributed by atoms with Gasteiger partial charge in [0, 0.05) is 35.0 Å². The van der Waals surface area contributed by atoms with Gasteiger partial charge in [0.1, 0.15) is 17.2 Å². The highest BCUT2D eigenvalue weighted by atomic mass is 35.5. The fourth-order valence-corrected chi connectivity index (χ4v) is 4.42. The predicted molar refractivity (Wildman–Crippen MR) is 140 cm³/mol. The number of hydrogen-bond acceptors (Lipinski definition) is 3. The number of rotatable bonds is 6. The molecule has 0 fully saturated rings. The summed E-state index contributed by atoms with van der Waals surface area (Å²) in [6.45, 7) is 0. The van der Waals surface area contributed by atoms with E-state index in [1.807, 2.05) is 48.5 Å². The van der Waals surface area contributed by atoms with Crippen molar-refractivity contribution in [2.75, 3.05) is 7.05 Å². The van der Waals surface area contributed by atoms with Gasteiger partial charge in [-0.1, -0.05) is 54.1 Å². The average Bonchev–Trinajstić information content (AvgIpc) is 3.29. The SMILES string of the molecule is CNC(=O)c1c(-c2ccc(F)cc2)oc2ccc(-c3cccc(C(=O)Cc4ccccc4Cl)c3)cc12. The number of fused-ring (bicyclic) bond motifs is 1. The molecule has 0 aliphatic rings. The Morgan fingerprint density at radius 3 is 2.33 bits per heavy atom. The minimum atomic E-state index is -0.373. The van der Waals surface area contributed by atoms with Crippen LogP contribution in [0.4, 0.5) is 4.39 Å².